The summed E-state index contributed by atoms with van der Waals surface area (Å²) < 4.78 is 20.9. The number of carbonyl (C=O) groups is 1. The maximum Gasteiger partial charge on any atom is 0.185 e. The lowest BCUT2D eigenvalue weighted by Crippen LogP contribution is -2.00. The molecule has 2 rings (SSSR count). The van der Waals surface area contributed by atoms with Crippen molar-refractivity contribution in [2.24, 2.45) is 0 Å². The second-order valence-electron chi connectivity index (χ2n) is 5.27. The van der Waals surface area contributed by atoms with E-state index in [0.717, 1.165) is 11.1 Å². The molecule has 0 atom stereocenters. The average molecular weight is 342 g/mol. The number of benzene rings is 2. The van der Waals surface area contributed by atoms with Crippen molar-refractivity contribution < 1.29 is 23.7 Å². The lowest BCUT2D eigenvalue weighted by atomic mass is 10.1. The van der Waals surface area contributed by atoms with Crippen molar-refractivity contribution in [3.8, 4) is 17.2 Å². The molecular formula is C20H22O5. The van der Waals surface area contributed by atoms with Gasteiger partial charge in [0.05, 0.1) is 27.9 Å². The Kier molecular flexibility index (Phi) is 6.60. The molecule has 0 amide bonds. The highest BCUT2D eigenvalue weighted by atomic mass is 16.5. The van der Waals surface area contributed by atoms with Gasteiger partial charge in [-0.25, -0.2) is 0 Å². The van der Waals surface area contributed by atoms with Crippen molar-refractivity contribution >= 4 is 11.9 Å². The standard InChI is InChI=1S/C20H22O5/c1-22-13-16-12-15(7-10-18(16)23-2)17(21)8-5-14-6-9-19(24-3)20(11-14)25-4/h5-12H,13H2,1-4H3/b8-5+. The Balaban J connectivity index is 2.21. The summed E-state index contributed by atoms with van der Waals surface area (Å²) in [4.78, 5) is 12.4. The van der Waals surface area contributed by atoms with Gasteiger partial charge in [0.15, 0.2) is 17.3 Å². The monoisotopic (exact) mass is 342 g/mol. The van der Waals surface area contributed by atoms with Crippen LogP contribution in [0.15, 0.2) is 42.5 Å². The van der Waals surface area contributed by atoms with E-state index >= 15 is 0 Å². The van der Waals surface area contributed by atoms with Crippen molar-refractivity contribution in [1.82, 2.24) is 0 Å². The van der Waals surface area contributed by atoms with Gasteiger partial charge >= 0.3 is 0 Å². The topological polar surface area (TPSA) is 54.0 Å². The number of allylic oxidation sites excluding steroid dienone is 1. The molecule has 132 valence electrons. The van der Waals surface area contributed by atoms with Gasteiger partial charge in [-0.1, -0.05) is 12.1 Å². The molecule has 0 saturated heterocycles. The first-order valence-electron chi connectivity index (χ1n) is 7.73. The first-order chi connectivity index (χ1) is 12.1. The molecule has 0 fully saturated rings. The van der Waals surface area contributed by atoms with E-state index < -0.39 is 0 Å². The van der Waals surface area contributed by atoms with Gasteiger partial charge in [-0.05, 0) is 42.0 Å². The minimum Gasteiger partial charge on any atom is -0.496 e. The first-order valence-corrected chi connectivity index (χ1v) is 7.73. The fraction of sp³-hybridized carbons (Fsp3) is 0.250. The molecule has 2 aromatic carbocycles. The molecule has 0 aliphatic rings. The number of hydrogen-bond acceptors (Lipinski definition) is 5. The Morgan fingerprint density at radius 1 is 0.880 bits per heavy atom. The van der Waals surface area contributed by atoms with E-state index in [1.165, 1.54) is 6.08 Å². The molecule has 0 N–H and O–H groups in total. The molecule has 0 spiro atoms. The maximum absolute atomic E-state index is 12.4. The van der Waals surface area contributed by atoms with Gasteiger partial charge in [0.1, 0.15) is 5.75 Å². The highest BCUT2D eigenvalue weighted by molar-refractivity contribution is 6.07. The lowest BCUT2D eigenvalue weighted by Gasteiger charge is -2.09. The summed E-state index contributed by atoms with van der Waals surface area (Å²) >= 11 is 0. The van der Waals surface area contributed by atoms with E-state index in [1.807, 2.05) is 12.1 Å². The summed E-state index contributed by atoms with van der Waals surface area (Å²) in [6.07, 6.45) is 3.27. The normalized spacial score (nSPS) is 10.7. The van der Waals surface area contributed by atoms with Crippen molar-refractivity contribution in [1.29, 1.82) is 0 Å². The molecule has 0 radical (unpaired) electrons. The number of carbonyl (C=O) groups excluding carboxylic acids is 1. The van der Waals surface area contributed by atoms with Crippen LogP contribution in [-0.2, 0) is 11.3 Å². The average Bonchev–Trinajstić information content (AvgIpc) is 2.65. The van der Waals surface area contributed by atoms with E-state index in [1.54, 1.807) is 58.8 Å². The van der Waals surface area contributed by atoms with Gasteiger partial charge in [0.25, 0.3) is 0 Å². The van der Waals surface area contributed by atoms with Crippen LogP contribution in [0, 0.1) is 0 Å². The fourth-order valence-corrected chi connectivity index (χ4v) is 2.42. The number of ether oxygens (including phenoxy) is 4. The van der Waals surface area contributed by atoms with Crippen LogP contribution in [-0.4, -0.2) is 34.2 Å². The Bertz CT molecular complexity index is 765. The fourth-order valence-electron chi connectivity index (χ4n) is 2.42. The third-order valence-electron chi connectivity index (χ3n) is 3.70. The Labute approximate surface area is 147 Å². The Morgan fingerprint density at radius 2 is 1.56 bits per heavy atom. The molecule has 0 saturated carbocycles. The van der Waals surface area contributed by atoms with E-state index in [-0.39, 0.29) is 5.78 Å². The highest BCUT2D eigenvalue weighted by Crippen LogP contribution is 2.28. The predicted molar refractivity (Wildman–Crippen MR) is 96.6 cm³/mol. The molecule has 0 aliphatic carbocycles. The van der Waals surface area contributed by atoms with Gasteiger partial charge in [-0.3, -0.25) is 4.79 Å². The molecule has 25 heavy (non-hydrogen) atoms. The molecule has 0 aliphatic heterocycles. The largest absolute Gasteiger partial charge is 0.496 e. The zero-order valence-corrected chi connectivity index (χ0v) is 14.9. The Hall–Kier alpha value is -2.79. The summed E-state index contributed by atoms with van der Waals surface area (Å²) in [7, 11) is 6.35. The third kappa shape index (κ3) is 4.61. The molecule has 0 bridgehead atoms. The van der Waals surface area contributed by atoms with Crippen LogP contribution in [0.4, 0.5) is 0 Å². The molecule has 0 unspecified atom stereocenters. The van der Waals surface area contributed by atoms with Crippen LogP contribution in [0.2, 0.25) is 0 Å². The van der Waals surface area contributed by atoms with Crippen molar-refractivity contribution in [2.45, 2.75) is 6.61 Å². The second-order valence-corrected chi connectivity index (χ2v) is 5.27. The maximum atomic E-state index is 12.4. The molecule has 5 nitrogen and oxygen atoms in total. The van der Waals surface area contributed by atoms with Gasteiger partial charge in [0.2, 0.25) is 0 Å². The van der Waals surface area contributed by atoms with E-state index in [4.69, 9.17) is 18.9 Å². The van der Waals surface area contributed by atoms with Gasteiger partial charge in [-0.15, -0.1) is 0 Å². The van der Waals surface area contributed by atoms with Crippen molar-refractivity contribution in [3.63, 3.8) is 0 Å². The van der Waals surface area contributed by atoms with Crippen LogP contribution < -0.4 is 14.2 Å². The van der Waals surface area contributed by atoms with Crippen LogP contribution in [0.1, 0.15) is 21.5 Å². The van der Waals surface area contributed by atoms with Crippen LogP contribution in [0.5, 0.6) is 17.2 Å². The van der Waals surface area contributed by atoms with E-state index in [9.17, 15) is 4.79 Å². The zero-order valence-electron chi connectivity index (χ0n) is 14.9. The zero-order chi connectivity index (χ0) is 18.2. The van der Waals surface area contributed by atoms with Crippen LogP contribution >= 0.6 is 0 Å². The number of hydrogen-bond donors (Lipinski definition) is 0. The predicted octanol–water partition coefficient (Wildman–Crippen LogP) is 3.75. The van der Waals surface area contributed by atoms with Crippen LogP contribution in [0.3, 0.4) is 0 Å². The molecule has 2 aromatic rings. The highest BCUT2D eigenvalue weighted by Gasteiger charge is 2.09. The smallest absolute Gasteiger partial charge is 0.185 e. The van der Waals surface area contributed by atoms with Gasteiger partial charge in [-0.2, -0.15) is 0 Å². The minimum atomic E-state index is -0.102. The van der Waals surface area contributed by atoms with Crippen molar-refractivity contribution in [3.05, 3.63) is 59.2 Å². The first kappa shape index (κ1) is 18.5. The second kappa shape index (κ2) is 8.89. The van der Waals surface area contributed by atoms with Crippen molar-refractivity contribution in [2.75, 3.05) is 28.4 Å². The number of methoxy groups -OCH3 is 4. The number of rotatable bonds is 8. The summed E-state index contributed by atoms with van der Waals surface area (Å²) in [5, 5.41) is 0. The molecule has 0 aromatic heterocycles. The molecule has 5 heteroatoms. The molecule has 0 heterocycles. The quantitative estimate of drug-likeness (QED) is 0.540. The summed E-state index contributed by atoms with van der Waals surface area (Å²) in [6, 6.07) is 10.8. The summed E-state index contributed by atoms with van der Waals surface area (Å²) in [5.41, 5.74) is 2.25. The number of ketones is 1. The summed E-state index contributed by atoms with van der Waals surface area (Å²) in [6.45, 7) is 0.379. The Morgan fingerprint density at radius 3 is 2.20 bits per heavy atom. The lowest BCUT2D eigenvalue weighted by molar-refractivity contribution is 0.104. The van der Waals surface area contributed by atoms with E-state index in [2.05, 4.69) is 0 Å². The molecular weight excluding hydrogens is 320 g/mol. The van der Waals surface area contributed by atoms with Gasteiger partial charge < -0.3 is 18.9 Å². The minimum absolute atomic E-state index is 0.102. The third-order valence-corrected chi connectivity index (χ3v) is 3.70. The van der Waals surface area contributed by atoms with Gasteiger partial charge in [0, 0.05) is 18.2 Å². The summed E-state index contributed by atoms with van der Waals surface area (Å²) in [5.74, 6) is 1.85. The van der Waals surface area contributed by atoms with E-state index in [0.29, 0.717) is 29.4 Å². The van der Waals surface area contributed by atoms with Crippen LogP contribution in [0.25, 0.3) is 6.08 Å². The SMILES string of the molecule is COCc1cc(C(=O)/C=C/c2ccc(OC)c(OC)c2)ccc1OC.